The van der Waals surface area contributed by atoms with Crippen LogP contribution in [0.25, 0.3) is 0 Å². The monoisotopic (exact) mass is 280 g/mol. The number of nitrogens with one attached hydrogen (secondary N) is 1. The Morgan fingerprint density at radius 1 is 1.26 bits per heavy atom. The van der Waals surface area contributed by atoms with E-state index in [1.807, 2.05) is 12.1 Å². The molecule has 0 saturated carbocycles. The number of hydrogen-bond acceptors (Lipinski definition) is 2. The van der Waals surface area contributed by atoms with Gasteiger partial charge in [-0.25, -0.2) is 0 Å². The lowest BCUT2D eigenvalue weighted by molar-refractivity contribution is 0.110. The maximum Gasteiger partial charge on any atom is 0.0438 e. The number of likely N-dealkylation sites (tertiary alicyclic amines) is 1. The molecule has 2 rings (SSSR count). The summed E-state index contributed by atoms with van der Waals surface area (Å²) < 4.78 is 0. The second-order valence-corrected chi connectivity index (χ2v) is 6.39. The third-order valence-electron chi connectivity index (χ3n) is 4.50. The summed E-state index contributed by atoms with van der Waals surface area (Å²) in [7, 11) is 2.05. The van der Waals surface area contributed by atoms with Crippen molar-refractivity contribution in [1.29, 1.82) is 0 Å². The summed E-state index contributed by atoms with van der Waals surface area (Å²) in [5, 5.41) is 4.37. The fourth-order valence-electron chi connectivity index (χ4n) is 3.10. The molecule has 0 aromatic heterocycles. The minimum atomic E-state index is 0.157. The number of benzene rings is 1. The summed E-state index contributed by atoms with van der Waals surface area (Å²) in [5.74, 6) is 0. The first-order valence-corrected chi connectivity index (χ1v) is 7.59. The van der Waals surface area contributed by atoms with Gasteiger partial charge in [0.2, 0.25) is 0 Å². The molecule has 3 heteroatoms. The first-order valence-electron chi connectivity index (χ1n) is 7.21. The number of nitrogens with zero attached hydrogens (tertiary/aromatic N) is 1. The molecule has 1 aliphatic rings. The van der Waals surface area contributed by atoms with Crippen LogP contribution in [0.5, 0.6) is 0 Å². The zero-order valence-corrected chi connectivity index (χ0v) is 13.0. The van der Waals surface area contributed by atoms with Crippen LogP contribution in [-0.4, -0.2) is 36.6 Å². The minimum absolute atomic E-state index is 0.157. The van der Waals surface area contributed by atoms with Crippen LogP contribution in [0.4, 0.5) is 0 Å². The highest BCUT2D eigenvalue weighted by Gasteiger charge is 2.36. The Bertz CT molecular complexity index is 411. The van der Waals surface area contributed by atoms with E-state index in [2.05, 4.69) is 43.2 Å². The van der Waals surface area contributed by atoms with Gasteiger partial charge in [0.1, 0.15) is 0 Å². The first kappa shape index (κ1) is 14.8. The average molecular weight is 281 g/mol. The highest BCUT2D eigenvalue weighted by atomic mass is 35.5. The van der Waals surface area contributed by atoms with Crippen LogP contribution in [-0.2, 0) is 6.42 Å². The van der Waals surface area contributed by atoms with Gasteiger partial charge < -0.3 is 5.32 Å². The zero-order chi connectivity index (χ0) is 13.9. The lowest BCUT2D eigenvalue weighted by Gasteiger charge is -2.42. The zero-order valence-electron chi connectivity index (χ0n) is 12.2. The molecule has 1 N–H and O–H groups in total. The van der Waals surface area contributed by atoms with Gasteiger partial charge in [0.15, 0.2) is 0 Å². The fourth-order valence-corrected chi connectivity index (χ4v) is 3.32. The highest BCUT2D eigenvalue weighted by molar-refractivity contribution is 6.31. The van der Waals surface area contributed by atoms with E-state index in [-0.39, 0.29) is 5.54 Å². The van der Waals surface area contributed by atoms with Crippen molar-refractivity contribution in [2.24, 2.45) is 0 Å². The van der Waals surface area contributed by atoms with E-state index in [0.717, 1.165) is 11.4 Å². The van der Waals surface area contributed by atoms with Gasteiger partial charge in [-0.3, -0.25) is 4.90 Å². The van der Waals surface area contributed by atoms with Crippen molar-refractivity contribution in [3.8, 4) is 0 Å². The molecule has 0 bridgehead atoms. The predicted octanol–water partition coefficient (Wildman–Crippen LogP) is 3.34. The smallest absolute Gasteiger partial charge is 0.0438 e. The van der Waals surface area contributed by atoms with Gasteiger partial charge in [0, 0.05) is 16.6 Å². The molecular weight excluding hydrogens is 256 g/mol. The maximum absolute atomic E-state index is 6.29. The number of halogens is 1. The molecule has 0 amide bonds. The molecular formula is C16H25ClN2. The quantitative estimate of drug-likeness (QED) is 0.890. The molecule has 1 aromatic rings. The van der Waals surface area contributed by atoms with Crippen LogP contribution in [0.15, 0.2) is 24.3 Å². The van der Waals surface area contributed by atoms with Gasteiger partial charge in [-0.15, -0.1) is 0 Å². The SMILES string of the molecule is CNC(Cc1ccccc1Cl)C(C)(C)N1CCCC1. The van der Waals surface area contributed by atoms with Crippen LogP contribution in [0.3, 0.4) is 0 Å². The summed E-state index contributed by atoms with van der Waals surface area (Å²) in [6.45, 7) is 7.12. The fraction of sp³-hybridized carbons (Fsp3) is 0.625. The van der Waals surface area contributed by atoms with Gasteiger partial charge in [-0.2, -0.15) is 0 Å². The van der Waals surface area contributed by atoms with Gasteiger partial charge in [0.05, 0.1) is 0 Å². The Kier molecular flexibility index (Phi) is 4.88. The molecule has 1 atom stereocenters. The van der Waals surface area contributed by atoms with Crippen molar-refractivity contribution in [2.75, 3.05) is 20.1 Å². The number of likely N-dealkylation sites (N-methyl/N-ethyl adjacent to an activating group) is 1. The standard InChI is InChI=1S/C16H25ClN2/c1-16(2,19-10-6-7-11-19)15(18-3)12-13-8-4-5-9-14(13)17/h4-5,8-9,15,18H,6-7,10-12H2,1-3H3. The van der Waals surface area contributed by atoms with Crippen molar-refractivity contribution in [3.63, 3.8) is 0 Å². The summed E-state index contributed by atoms with van der Waals surface area (Å²) in [4.78, 5) is 2.60. The Labute approximate surface area is 122 Å². The molecule has 1 heterocycles. The number of hydrogen-bond donors (Lipinski definition) is 1. The van der Waals surface area contributed by atoms with Crippen molar-refractivity contribution >= 4 is 11.6 Å². The third kappa shape index (κ3) is 3.31. The second-order valence-electron chi connectivity index (χ2n) is 5.98. The molecule has 2 nitrogen and oxygen atoms in total. The van der Waals surface area contributed by atoms with Crippen LogP contribution < -0.4 is 5.32 Å². The van der Waals surface area contributed by atoms with E-state index < -0.39 is 0 Å². The molecule has 0 spiro atoms. The van der Waals surface area contributed by atoms with E-state index in [0.29, 0.717) is 6.04 Å². The van der Waals surface area contributed by atoms with Gasteiger partial charge in [0.25, 0.3) is 0 Å². The van der Waals surface area contributed by atoms with Crippen molar-refractivity contribution < 1.29 is 0 Å². The molecule has 1 unspecified atom stereocenters. The lowest BCUT2D eigenvalue weighted by atomic mass is 9.87. The Hall–Kier alpha value is -0.570. The van der Waals surface area contributed by atoms with Crippen molar-refractivity contribution in [2.45, 2.75) is 44.7 Å². The van der Waals surface area contributed by atoms with Crippen LogP contribution >= 0.6 is 11.6 Å². The first-order chi connectivity index (χ1) is 9.05. The summed E-state index contributed by atoms with van der Waals surface area (Å²) in [6.07, 6.45) is 3.62. The van der Waals surface area contributed by atoms with E-state index in [1.54, 1.807) is 0 Å². The van der Waals surface area contributed by atoms with Gasteiger partial charge in [-0.1, -0.05) is 29.8 Å². The largest absolute Gasteiger partial charge is 0.315 e. The van der Waals surface area contributed by atoms with E-state index in [4.69, 9.17) is 11.6 Å². The third-order valence-corrected chi connectivity index (χ3v) is 4.87. The predicted molar refractivity (Wildman–Crippen MR) is 82.9 cm³/mol. The summed E-state index contributed by atoms with van der Waals surface area (Å²) in [5.41, 5.74) is 1.39. The van der Waals surface area contributed by atoms with Crippen molar-refractivity contribution in [1.82, 2.24) is 10.2 Å². The molecule has 1 fully saturated rings. The van der Waals surface area contributed by atoms with Crippen molar-refractivity contribution in [3.05, 3.63) is 34.9 Å². The molecule has 1 aliphatic heterocycles. The van der Waals surface area contributed by atoms with Gasteiger partial charge in [-0.05, 0) is 64.9 Å². The average Bonchev–Trinajstić information content (AvgIpc) is 2.92. The molecule has 106 valence electrons. The second kappa shape index (κ2) is 6.25. The molecule has 1 aromatic carbocycles. The maximum atomic E-state index is 6.29. The van der Waals surface area contributed by atoms with Crippen LogP contribution in [0.1, 0.15) is 32.3 Å². The summed E-state index contributed by atoms with van der Waals surface area (Å²) >= 11 is 6.29. The van der Waals surface area contributed by atoms with E-state index >= 15 is 0 Å². The van der Waals surface area contributed by atoms with E-state index in [9.17, 15) is 0 Å². The highest BCUT2D eigenvalue weighted by Crippen LogP contribution is 2.27. The molecule has 0 aliphatic carbocycles. The topological polar surface area (TPSA) is 15.3 Å². The normalized spacial score (nSPS) is 18.7. The Morgan fingerprint density at radius 2 is 1.89 bits per heavy atom. The molecule has 0 radical (unpaired) electrons. The Morgan fingerprint density at radius 3 is 2.47 bits per heavy atom. The van der Waals surface area contributed by atoms with E-state index in [1.165, 1.54) is 31.5 Å². The molecule has 19 heavy (non-hydrogen) atoms. The van der Waals surface area contributed by atoms with Crippen LogP contribution in [0, 0.1) is 0 Å². The minimum Gasteiger partial charge on any atom is -0.315 e. The number of rotatable bonds is 5. The molecule has 1 saturated heterocycles. The van der Waals surface area contributed by atoms with Crippen LogP contribution in [0.2, 0.25) is 5.02 Å². The van der Waals surface area contributed by atoms with Gasteiger partial charge >= 0.3 is 0 Å². The lowest BCUT2D eigenvalue weighted by Crippen LogP contribution is -2.57. The summed E-state index contributed by atoms with van der Waals surface area (Å²) in [6, 6.07) is 8.58. The Balaban J connectivity index is 2.13.